The molecule has 0 spiro atoms. The van der Waals surface area contributed by atoms with Gasteiger partial charge in [-0.1, -0.05) is 45.1 Å². The summed E-state index contributed by atoms with van der Waals surface area (Å²) in [6.07, 6.45) is 6.64. The maximum atomic E-state index is 12.7. The fourth-order valence-corrected chi connectivity index (χ4v) is 5.80. The SMILES string of the molecule is CCC(OC)C(C)C1OC1C(NC)C(C)(O)C=CC=C(C)C1OC(=O)CC(O)CCC(C)(O)C(OC(C)=O)C=CC1C. The molecule has 10 nitrogen and oxygen atoms in total. The number of epoxide rings is 1. The zero-order valence-electron chi connectivity index (χ0n) is 26.7. The van der Waals surface area contributed by atoms with Crippen LogP contribution < -0.4 is 5.32 Å². The molecule has 0 aromatic rings. The molecule has 10 heteroatoms. The normalized spacial score (nSPS) is 34.9. The van der Waals surface area contributed by atoms with Gasteiger partial charge >= 0.3 is 11.9 Å². The van der Waals surface area contributed by atoms with E-state index in [-0.39, 0.29) is 55.5 Å². The average Bonchev–Trinajstić information content (AvgIpc) is 3.68. The first-order chi connectivity index (χ1) is 19.6. The zero-order chi connectivity index (χ0) is 31.8. The molecule has 11 unspecified atom stereocenters. The van der Waals surface area contributed by atoms with E-state index in [0.29, 0.717) is 5.57 Å². The Labute approximate surface area is 251 Å². The van der Waals surface area contributed by atoms with Crippen molar-refractivity contribution in [1.29, 1.82) is 0 Å². The van der Waals surface area contributed by atoms with Crippen molar-refractivity contribution in [3.8, 4) is 0 Å². The molecule has 0 saturated carbocycles. The first-order valence-electron chi connectivity index (χ1n) is 15.0. The maximum Gasteiger partial charge on any atom is 0.309 e. The molecule has 0 bridgehead atoms. The smallest absolute Gasteiger partial charge is 0.309 e. The number of ether oxygens (including phenoxy) is 4. The first-order valence-corrected chi connectivity index (χ1v) is 15.0. The van der Waals surface area contributed by atoms with Crippen LogP contribution in [0.5, 0.6) is 0 Å². The Kier molecular flexibility index (Phi) is 13.4. The molecule has 240 valence electrons. The number of aliphatic hydroxyl groups excluding tert-OH is 1. The van der Waals surface area contributed by atoms with E-state index in [1.54, 1.807) is 58.4 Å². The lowest BCUT2D eigenvalue weighted by Crippen LogP contribution is -2.51. The molecule has 4 N–H and O–H groups in total. The minimum Gasteiger partial charge on any atom is -0.457 e. The van der Waals surface area contributed by atoms with Crippen molar-refractivity contribution in [3.05, 3.63) is 36.0 Å². The predicted octanol–water partition coefficient (Wildman–Crippen LogP) is 2.99. The van der Waals surface area contributed by atoms with Crippen LogP contribution in [0.4, 0.5) is 0 Å². The van der Waals surface area contributed by atoms with Gasteiger partial charge in [-0.3, -0.25) is 9.59 Å². The predicted molar refractivity (Wildman–Crippen MR) is 160 cm³/mol. The van der Waals surface area contributed by atoms with Gasteiger partial charge in [0.1, 0.15) is 23.9 Å². The van der Waals surface area contributed by atoms with E-state index in [9.17, 15) is 24.9 Å². The minimum atomic E-state index is -1.44. The van der Waals surface area contributed by atoms with Gasteiger partial charge in [0, 0.05) is 25.9 Å². The number of hydrogen-bond acceptors (Lipinski definition) is 10. The maximum absolute atomic E-state index is 12.7. The standard InChI is InChI=1S/C32H53NO9/c1-10-24(39-9)21(4)28-29(42-28)30(33-8)32(7,38)16-11-12-19(2)27-20(3)13-14-25(40-22(5)34)31(6,37)17-15-23(35)18-26(36)41-27/h11-14,16,20-21,23-25,27-30,33,35,37-38H,10,15,17-18H2,1-9H3. The number of rotatable bonds is 11. The van der Waals surface area contributed by atoms with Crippen LogP contribution in [0.1, 0.15) is 74.1 Å². The van der Waals surface area contributed by atoms with E-state index < -0.39 is 41.5 Å². The summed E-state index contributed by atoms with van der Waals surface area (Å²) in [5.41, 5.74) is -1.98. The summed E-state index contributed by atoms with van der Waals surface area (Å²) < 4.78 is 22.7. The van der Waals surface area contributed by atoms with Crippen LogP contribution in [0, 0.1) is 11.8 Å². The molecular formula is C32H53NO9. The Hall–Kier alpha value is -2.08. The molecule has 0 aliphatic carbocycles. The number of carbonyl (C=O) groups is 2. The largest absolute Gasteiger partial charge is 0.457 e. The third-order valence-corrected chi connectivity index (χ3v) is 8.50. The van der Waals surface area contributed by atoms with Crippen molar-refractivity contribution in [2.24, 2.45) is 11.8 Å². The van der Waals surface area contributed by atoms with Gasteiger partial charge in [-0.15, -0.1) is 0 Å². The van der Waals surface area contributed by atoms with Crippen LogP contribution in [-0.4, -0.2) is 95.3 Å². The van der Waals surface area contributed by atoms with E-state index in [1.807, 2.05) is 13.8 Å². The van der Waals surface area contributed by atoms with Gasteiger partial charge in [-0.2, -0.15) is 0 Å². The van der Waals surface area contributed by atoms with E-state index in [2.05, 4.69) is 19.2 Å². The van der Waals surface area contributed by atoms with E-state index in [1.165, 1.54) is 6.92 Å². The lowest BCUT2D eigenvalue weighted by molar-refractivity contribution is -0.157. The third kappa shape index (κ3) is 9.99. The molecule has 2 aliphatic heterocycles. The van der Waals surface area contributed by atoms with Crippen molar-refractivity contribution < 1.29 is 43.9 Å². The van der Waals surface area contributed by atoms with Crippen LogP contribution in [0.15, 0.2) is 36.0 Å². The summed E-state index contributed by atoms with van der Waals surface area (Å²) in [5.74, 6) is -1.28. The third-order valence-electron chi connectivity index (χ3n) is 8.50. The number of carbonyl (C=O) groups excluding carboxylic acids is 2. The minimum absolute atomic E-state index is 0.0280. The number of likely N-dealkylation sites (N-methyl/N-ethyl adjacent to an activating group) is 1. The highest BCUT2D eigenvalue weighted by molar-refractivity contribution is 5.70. The van der Waals surface area contributed by atoms with E-state index in [4.69, 9.17) is 18.9 Å². The van der Waals surface area contributed by atoms with E-state index in [0.717, 1.165) is 6.42 Å². The topological polar surface area (TPSA) is 147 Å². The number of hydrogen-bond donors (Lipinski definition) is 4. The number of aliphatic hydroxyl groups is 3. The van der Waals surface area contributed by atoms with Gasteiger partial charge in [-0.05, 0) is 58.7 Å². The Morgan fingerprint density at radius 1 is 1.31 bits per heavy atom. The molecule has 42 heavy (non-hydrogen) atoms. The number of allylic oxidation sites excluding steroid dienone is 2. The van der Waals surface area contributed by atoms with Gasteiger partial charge in [0.25, 0.3) is 0 Å². The molecule has 0 amide bonds. The number of methoxy groups -OCH3 is 1. The highest BCUT2D eigenvalue weighted by atomic mass is 16.6. The highest BCUT2D eigenvalue weighted by Crippen LogP contribution is 2.38. The van der Waals surface area contributed by atoms with Crippen LogP contribution in [0.3, 0.4) is 0 Å². The van der Waals surface area contributed by atoms with Gasteiger partial charge in [0.15, 0.2) is 0 Å². The molecular weight excluding hydrogens is 542 g/mol. The van der Waals surface area contributed by atoms with E-state index >= 15 is 0 Å². The summed E-state index contributed by atoms with van der Waals surface area (Å²) in [4.78, 5) is 24.4. The lowest BCUT2D eigenvalue weighted by Gasteiger charge is -2.32. The fourth-order valence-electron chi connectivity index (χ4n) is 5.80. The van der Waals surface area contributed by atoms with Crippen LogP contribution >= 0.6 is 0 Å². The second kappa shape index (κ2) is 15.6. The quantitative estimate of drug-likeness (QED) is 0.122. The fraction of sp³-hybridized carbons (Fsp3) is 0.750. The van der Waals surface area contributed by atoms with Crippen molar-refractivity contribution >= 4 is 11.9 Å². The Morgan fingerprint density at radius 3 is 2.55 bits per heavy atom. The summed E-state index contributed by atoms with van der Waals surface area (Å²) in [6.45, 7) is 12.4. The Balaban J connectivity index is 2.26. The zero-order valence-corrected chi connectivity index (χ0v) is 26.7. The molecule has 2 rings (SSSR count). The van der Waals surface area contributed by atoms with Gasteiger partial charge in [-0.25, -0.2) is 0 Å². The molecule has 2 aliphatic rings. The summed E-state index contributed by atoms with van der Waals surface area (Å²) in [6, 6.07) is -0.363. The van der Waals surface area contributed by atoms with Crippen LogP contribution in [-0.2, 0) is 28.5 Å². The lowest BCUT2D eigenvalue weighted by atomic mass is 9.87. The monoisotopic (exact) mass is 595 g/mol. The van der Waals surface area contributed by atoms with Crippen molar-refractivity contribution in [2.45, 2.75) is 128 Å². The second-order valence-corrected chi connectivity index (χ2v) is 12.3. The van der Waals surface area contributed by atoms with Gasteiger partial charge in [0.05, 0.1) is 36.4 Å². The van der Waals surface area contributed by atoms with Crippen LogP contribution in [0.25, 0.3) is 0 Å². The molecule has 1 fully saturated rings. The Bertz CT molecular complexity index is 984. The van der Waals surface area contributed by atoms with Crippen molar-refractivity contribution in [2.75, 3.05) is 14.2 Å². The van der Waals surface area contributed by atoms with Gasteiger partial charge in [0.2, 0.25) is 0 Å². The molecule has 0 radical (unpaired) electrons. The molecule has 2 heterocycles. The Morgan fingerprint density at radius 2 is 1.98 bits per heavy atom. The van der Waals surface area contributed by atoms with Crippen molar-refractivity contribution in [1.82, 2.24) is 5.32 Å². The average molecular weight is 596 g/mol. The summed E-state index contributed by atoms with van der Waals surface area (Å²) in [7, 11) is 3.49. The highest BCUT2D eigenvalue weighted by Gasteiger charge is 2.53. The van der Waals surface area contributed by atoms with Crippen molar-refractivity contribution in [3.63, 3.8) is 0 Å². The molecule has 11 atom stereocenters. The number of esters is 2. The molecule has 0 aromatic heterocycles. The second-order valence-electron chi connectivity index (χ2n) is 12.3. The number of cyclic esters (lactones) is 1. The number of nitrogens with one attached hydrogen (secondary N) is 1. The van der Waals surface area contributed by atoms with Crippen LogP contribution in [0.2, 0.25) is 0 Å². The van der Waals surface area contributed by atoms with Gasteiger partial charge < -0.3 is 39.6 Å². The summed E-state index contributed by atoms with van der Waals surface area (Å²) >= 11 is 0. The molecule has 0 aromatic carbocycles. The summed E-state index contributed by atoms with van der Waals surface area (Å²) in [5, 5.41) is 36.0. The molecule has 1 saturated heterocycles. The first kappa shape index (κ1) is 36.1.